The first-order chi connectivity index (χ1) is 7.63. The normalized spacial score (nSPS) is 9.75. The molecule has 16 heavy (non-hydrogen) atoms. The second kappa shape index (κ2) is 5.65. The van der Waals surface area contributed by atoms with Crippen LogP contribution in [0, 0.1) is 0 Å². The molecule has 0 N–H and O–H groups in total. The van der Waals surface area contributed by atoms with Crippen LogP contribution in [0.1, 0.15) is 17.3 Å². The molecule has 4 nitrogen and oxygen atoms in total. The lowest BCUT2D eigenvalue weighted by atomic mass is 10.2. The van der Waals surface area contributed by atoms with E-state index in [2.05, 4.69) is 12.6 Å². The Labute approximate surface area is 99.9 Å². The monoisotopic (exact) mass is 242 g/mol. The Balaban J connectivity index is 3.15. The predicted octanol–water partition coefficient (Wildman–Crippen LogP) is 2.17. The largest absolute Gasteiger partial charge is 0.493 e. The van der Waals surface area contributed by atoms with E-state index in [0.29, 0.717) is 28.6 Å². The number of rotatable bonds is 4. The molecule has 0 heterocycles. The van der Waals surface area contributed by atoms with Crippen molar-refractivity contribution in [2.75, 3.05) is 20.8 Å². The van der Waals surface area contributed by atoms with E-state index < -0.39 is 5.97 Å². The van der Waals surface area contributed by atoms with Gasteiger partial charge in [0, 0.05) is 0 Å². The molecule has 1 aromatic carbocycles. The standard InChI is InChI=1S/C11H14O4S/c1-4-15-11(12)7-5-8(13-2)10(14-3)9(16)6-7/h5-6,16H,4H2,1-3H3. The fraction of sp³-hybridized carbons (Fsp3) is 0.364. The zero-order valence-electron chi connectivity index (χ0n) is 9.44. The summed E-state index contributed by atoms with van der Waals surface area (Å²) < 4.78 is 15.1. The van der Waals surface area contributed by atoms with E-state index in [1.165, 1.54) is 14.2 Å². The van der Waals surface area contributed by atoms with Gasteiger partial charge in [0.15, 0.2) is 11.5 Å². The molecule has 0 saturated heterocycles. The van der Waals surface area contributed by atoms with Gasteiger partial charge >= 0.3 is 5.97 Å². The van der Waals surface area contributed by atoms with E-state index in [-0.39, 0.29) is 0 Å². The van der Waals surface area contributed by atoms with E-state index in [9.17, 15) is 4.79 Å². The van der Waals surface area contributed by atoms with E-state index in [1.54, 1.807) is 19.1 Å². The van der Waals surface area contributed by atoms with Gasteiger partial charge in [0.05, 0.1) is 31.3 Å². The Kier molecular flexibility index (Phi) is 4.49. The zero-order valence-corrected chi connectivity index (χ0v) is 10.3. The maximum atomic E-state index is 11.5. The number of carbonyl (C=O) groups excluding carboxylic acids is 1. The molecule has 0 bridgehead atoms. The fourth-order valence-electron chi connectivity index (χ4n) is 1.28. The molecule has 1 aromatic rings. The smallest absolute Gasteiger partial charge is 0.338 e. The summed E-state index contributed by atoms with van der Waals surface area (Å²) in [5, 5.41) is 0. The van der Waals surface area contributed by atoms with Gasteiger partial charge in [0.1, 0.15) is 0 Å². The first-order valence-corrected chi connectivity index (χ1v) is 5.20. The molecule has 88 valence electrons. The van der Waals surface area contributed by atoms with Crippen LogP contribution in [0.25, 0.3) is 0 Å². The van der Waals surface area contributed by atoms with Crippen LogP contribution in [-0.4, -0.2) is 26.8 Å². The van der Waals surface area contributed by atoms with Gasteiger partial charge in [-0.05, 0) is 19.1 Å². The van der Waals surface area contributed by atoms with Crippen molar-refractivity contribution in [3.8, 4) is 11.5 Å². The highest BCUT2D eigenvalue weighted by Gasteiger charge is 2.14. The van der Waals surface area contributed by atoms with Crippen molar-refractivity contribution in [1.82, 2.24) is 0 Å². The highest BCUT2D eigenvalue weighted by molar-refractivity contribution is 7.80. The van der Waals surface area contributed by atoms with Crippen molar-refractivity contribution >= 4 is 18.6 Å². The Morgan fingerprint density at radius 2 is 2.00 bits per heavy atom. The molecule has 0 unspecified atom stereocenters. The molecule has 0 amide bonds. The molecule has 1 rings (SSSR count). The number of ether oxygens (including phenoxy) is 3. The summed E-state index contributed by atoms with van der Waals surface area (Å²) in [6.07, 6.45) is 0. The third-order valence-corrected chi connectivity index (χ3v) is 2.30. The quantitative estimate of drug-likeness (QED) is 0.649. The molecule has 0 aliphatic rings. The summed E-state index contributed by atoms with van der Waals surface area (Å²) in [6, 6.07) is 3.15. The molecule has 0 saturated carbocycles. The van der Waals surface area contributed by atoms with Crippen molar-refractivity contribution in [3.05, 3.63) is 17.7 Å². The summed E-state index contributed by atoms with van der Waals surface area (Å²) in [5.74, 6) is 0.552. The van der Waals surface area contributed by atoms with Gasteiger partial charge in [-0.3, -0.25) is 0 Å². The Morgan fingerprint density at radius 3 is 2.50 bits per heavy atom. The number of esters is 1. The van der Waals surface area contributed by atoms with Crippen LogP contribution >= 0.6 is 12.6 Å². The molecule has 0 fully saturated rings. The van der Waals surface area contributed by atoms with Crippen LogP contribution in [0.5, 0.6) is 11.5 Å². The number of methoxy groups -OCH3 is 2. The summed E-state index contributed by atoms with van der Waals surface area (Å²) in [5.41, 5.74) is 0.393. The molecular weight excluding hydrogens is 228 g/mol. The molecule has 0 aliphatic heterocycles. The van der Waals surface area contributed by atoms with Crippen LogP contribution in [0.3, 0.4) is 0 Å². The molecule has 0 aromatic heterocycles. The number of hydrogen-bond donors (Lipinski definition) is 1. The van der Waals surface area contributed by atoms with Crippen molar-refractivity contribution in [2.24, 2.45) is 0 Å². The van der Waals surface area contributed by atoms with E-state index in [0.717, 1.165) is 0 Å². The molecular formula is C11H14O4S. The van der Waals surface area contributed by atoms with E-state index >= 15 is 0 Å². The van der Waals surface area contributed by atoms with Crippen molar-refractivity contribution in [1.29, 1.82) is 0 Å². The third-order valence-electron chi connectivity index (χ3n) is 1.97. The minimum Gasteiger partial charge on any atom is -0.493 e. The van der Waals surface area contributed by atoms with Gasteiger partial charge in [-0.1, -0.05) is 0 Å². The Morgan fingerprint density at radius 1 is 1.31 bits per heavy atom. The average Bonchev–Trinajstić information content (AvgIpc) is 2.28. The van der Waals surface area contributed by atoms with Crippen LogP contribution in [0.4, 0.5) is 0 Å². The highest BCUT2D eigenvalue weighted by atomic mass is 32.1. The Hall–Kier alpha value is -1.36. The minimum atomic E-state index is -0.404. The summed E-state index contributed by atoms with van der Waals surface area (Å²) >= 11 is 4.22. The maximum absolute atomic E-state index is 11.5. The number of thiol groups is 1. The predicted molar refractivity (Wildman–Crippen MR) is 62.8 cm³/mol. The second-order valence-electron chi connectivity index (χ2n) is 2.95. The topological polar surface area (TPSA) is 44.8 Å². The third kappa shape index (κ3) is 2.61. The van der Waals surface area contributed by atoms with Crippen LogP contribution in [0.15, 0.2) is 17.0 Å². The van der Waals surface area contributed by atoms with Gasteiger partial charge in [0.2, 0.25) is 0 Å². The van der Waals surface area contributed by atoms with Gasteiger partial charge in [0.25, 0.3) is 0 Å². The highest BCUT2D eigenvalue weighted by Crippen LogP contribution is 2.34. The van der Waals surface area contributed by atoms with Crippen molar-refractivity contribution in [2.45, 2.75) is 11.8 Å². The zero-order chi connectivity index (χ0) is 12.1. The first kappa shape index (κ1) is 12.7. The lowest BCUT2D eigenvalue weighted by molar-refractivity contribution is 0.0525. The van der Waals surface area contributed by atoms with Crippen LogP contribution < -0.4 is 9.47 Å². The van der Waals surface area contributed by atoms with Crippen LogP contribution in [0.2, 0.25) is 0 Å². The van der Waals surface area contributed by atoms with Gasteiger partial charge in [-0.15, -0.1) is 12.6 Å². The summed E-state index contributed by atoms with van der Waals surface area (Å²) in [4.78, 5) is 12.0. The molecule has 0 spiro atoms. The van der Waals surface area contributed by atoms with Crippen molar-refractivity contribution in [3.63, 3.8) is 0 Å². The Bertz CT molecular complexity index is 390. The van der Waals surface area contributed by atoms with Crippen LogP contribution in [-0.2, 0) is 4.74 Å². The SMILES string of the molecule is CCOC(=O)c1cc(S)c(OC)c(OC)c1. The maximum Gasteiger partial charge on any atom is 0.338 e. The molecule has 0 atom stereocenters. The summed E-state index contributed by atoms with van der Waals surface area (Å²) in [7, 11) is 3.02. The first-order valence-electron chi connectivity index (χ1n) is 4.76. The minimum absolute atomic E-state index is 0.328. The molecule has 0 radical (unpaired) electrons. The average molecular weight is 242 g/mol. The number of carbonyl (C=O) groups is 1. The van der Waals surface area contributed by atoms with Gasteiger partial charge in [-0.25, -0.2) is 4.79 Å². The number of hydrogen-bond acceptors (Lipinski definition) is 5. The van der Waals surface area contributed by atoms with Gasteiger partial charge in [-0.2, -0.15) is 0 Å². The lowest BCUT2D eigenvalue weighted by Gasteiger charge is -2.11. The molecule has 0 aliphatic carbocycles. The summed E-state index contributed by atoms with van der Waals surface area (Å²) in [6.45, 7) is 2.08. The van der Waals surface area contributed by atoms with Gasteiger partial charge < -0.3 is 14.2 Å². The lowest BCUT2D eigenvalue weighted by Crippen LogP contribution is -2.05. The fourth-order valence-corrected chi connectivity index (χ4v) is 1.62. The number of benzene rings is 1. The molecule has 5 heteroatoms. The van der Waals surface area contributed by atoms with E-state index in [1.807, 2.05) is 0 Å². The second-order valence-corrected chi connectivity index (χ2v) is 3.43. The van der Waals surface area contributed by atoms with Crippen molar-refractivity contribution < 1.29 is 19.0 Å². The van der Waals surface area contributed by atoms with E-state index in [4.69, 9.17) is 14.2 Å².